The molecule has 0 spiro atoms. The molecule has 3 atom stereocenters. The van der Waals surface area contributed by atoms with E-state index >= 15 is 0 Å². The first-order valence-corrected chi connectivity index (χ1v) is 14.6. The highest BCUT2D eigenvalue weighted by Gasteiger charge is 2.40. The van der Waals surface area contributed by atoms with Gasteiger partial charge in [0.05, 0.1) is 19.2 Å². The number of aliphatic imine (C=N–C) groups is 1. The van der Waals surface area contributed by atoms with Gasteiger partial charge in [-0.3, -0.25) is 9.89 Å². The first kappa shape index (κ1) is 26.5. The number of benzene rings is 3. The Labute approximate surface area is 229 Å². The lowest BCUT2D eigenvalue weighted by molar-refractivity contribution is 0.110. The van der Waals surface area contributed by atoms with Gasteiger partial charge in [-0.1, -0.05) is 80.9 Å². The predicted molar refractivity (Wildman–Crippen MR) is 158 cm³/mol. The van der Waals surface area contributed by atoms with Crippen molar-refractivity contribution in [2.75, 3.05) is 26.7 Å². The molecule has 0 aliphatic carbocycles. The molecule has 0 amide bonds. The summed E-state index contributed by atoms with van der Waals surface area (Å²) in [4.78, 5) is 10.9. The average Bonchev–Trinajstić information content (AvgIpc) is 3.34. The van der Waals surface area contributed by atoms with Gasteiger partial charge in [-0.05, 0) is 73.5 Å². The van der Waals surface area contributed by atoms with Crippen molar-refractivity contribution in [3.63, 3.8) is 0 Å². The van der Waals surface area contributed by atoms with Gasteiger partial charge in [0, 0.05) is 24.7 Å². The van der Waals surface area contributed by atoms with Crippen LogP contribution in [0.1, 0.15) is 79.9 Å². The standard InChI is InChI=1S/C34H43N3O/c1-5-25-16-13-17-26(6-2)32(25)34-35-33(28-19-21-29(38-4)22-20-28)31(37(34)7-3)24-36-23-12-11-18-30(36)27-14-9-8-10-15-27/h8-10,13-17,19-22,30-31,33H,5-7,11-12,18,23-24H2,1-4H3. The summed E-state index contributed by atoms with van der Waals surface area (Å²) in [6, 6.07) is 27.3. The third kappa shape index (κ3) is 5.24. The molecule has 1 fully saturated rings. The monoisotopic (exact) mass is 509 g/mol. The first-order valence-electron chi connectivity index (χ1n) is 14.6. The highest BCUT2D eigenvalue weighted by atomic mass is 16.5. The summed E-state index contributed by atoms with van der Waals surface area (Å²) in [5.74, 6) is 2.07. The Morgan fingerprint density at radius 3 is 2.16 bits per heavy atom. The van der Waals surface area contributed by atoms with Crippen LogP contribution in [0.2, 0.25) is 0 Å². The van der Waals surface area contributed by atoms with Crippen LogP contribution >= 0.6 is 0 Å². The minimum atomic E-state index is 0.0869. The predicted octanol–water partition coefficient (Wildman–Crippen LogP) is 7.24. The Morgan fingerprint density at radius 2 is 1.53 bits per heavy atom. The van der Waals surface area contributed by atoms with Gasteiger partial charge in [0.2, 0.25) is 0 Å². The molecule has 4 heteroatoms. The second-order valence-corrected chi connectivity index (χ2v) is 10.6. The maximum absolute atomic E-state index is 5.57. The van der Waals surface area contributed by atoms with E-state index in [0.29, 0.717) is 6.04 Å². The van der Waals surface area contributed by atoms with Gasteiger partial charge in [-0.15, -0.1) is 0 Å². The van der Waals surface area contributed by atoms with Crippen molar-refractivity contribution in [1.29, 1.82) is 0 Å². The molecule has 200 valence electrons. The number of hydrogen-bond donors (Lipinski definition) is 0. The lowest BCUT2D eigenvalue weighted by atomic mass is 9.92. The van der Waals surface area contributed by atoms with Crippen molar-refractivity contribution in [3.8, 4) is 5.75 Å². The van der Waals surface area contributed by atoms with Gasteiger partial charge in [-0.2, -0.15) is 0 Å². The summed E-state index contributed by atoms with van der Waals surface area (Å²) in [6.07, 6.45) is 5.81. The van der Waals surface area contributed by atoms with Gasteiger partial charge >= 0.3 is 0 Å². The van der Waals surface area contributed by atoms with Crippen LogP contribution in [0.25, 0.3) is 0 Å². The van der Waals surface area contributed by atoms with Crippen molar-refractivity contribution in [3.05, 3.63) is 101 Å². The van der Waals surface area contributed by atoms with Gasteiger partial charge < -0.3 is 9.64 Å². The van der Waals surface area contributed by atoms with Crippen molar-refractivity contribution < 1.29 is 4.74 Å². The van der Waals surface area contributed by atoms with Crippen LogP contribution in [0.15, 0.2) is 77.8 Å². The Bertz CT molecular complexity index is 1200. The summed E-state index contributed by atoms with van der Waals surface area (Å²) >= 11 is 0. The molecule has 3 unspecified atom stereocenters. The van der Waals surface area contributed by atoms with Crippen molar-refractivity contribution in [1.82, 2.24) is 9.80 Å². The number of amidine groups is 1. The van der Waals surface area contributed by atoms with Crippen molar-refractivity contribution in [2.45, 2.75) is 71.0 Å². The Kier molecular flexibility index (Phi) is 8.48. The van der Waals surface area contributed by atoms with E-state index in [2.05, 4.69) is 103 Å². The van der Waals surface area contributed by atoms with Crippen LogP contribution < -0.4 is 4.74 Å². The zero-order chi connectivity index (χ0) is 26.5. The minimum absolute atomic E-state index is 0.0869. The molecular formula is C34H43N3O. The number of likely N-dealkylation sites (N-methyl/N-ethyl adjacent to an activating group) is 1. The number of aryl methyl sites for hydroxylation is 2. The summed E-state index contributed by atoms with van der Waals surface area (Å²) in [6.45, 7) is 9.92. The molecule has 3 aromatic carbocycles. The fraction of sp³-hybridized carbons (Fsp3) is 0.441. The molecule has 38 heavy (non-hydrogen) atoms. The summed E-state index contributed by atoms with van der Waals surface area (Å²) < 4.78 is 5.48. The van der Waals surface area contributed by atoms with Crippen molar-refractivity contribution in [2.24, 2.45) is 4.99 Å². The molecule has 0 radical (unpaired) electrons. The number of piperidine rings is 1. The van der Waals surface area contributed by atoms with Gasteiger partial charge in [0.25, 0.3) is 0 Å². The van der Waals surface area contributed by atoms with E-state index in [1.54, 1.807) is 7.11 Å². The fourth-order valence-corrected chi connectivity index (χ4v) is 6.54. The number of hydrogen-bond acceptors (Lipinski definition) is 4. The molecule has 2 aliphatic rings. The normalized spacial score (nSPS) is 21.9. The van der Waals surface area contributed by atoms with Crippen LogP contribution in [0.3, 0.4) is 0 Å². The van der Waals surface area contributed by atoms with Crippen LogP contribution in [0.5, 0.6) is 5.75 Å². The quantitative estimate of drug-likeness (QED) is 0.304. The molecule has 2 heterocycles. The van der Waals surface area contributed by atoms with Crippen LogP contribution in [-0.2, 0) is 12.8 Å². The van der Waals surface area contributed by atoms with Gasteiger partial charge in [-0.25, -0.2) is 0 Å². The summed E-state index contributed by atoms with van der Waals surface area (Å²) in [7, 11) is 1.73. The lowest BCUT2D eigenvalue weighted by Gasteiger charge is -2.41. The zero-order valence-corrected chi connectivity index (χ0v) is 23.6. The van der Waals surface area contributed by atoms with Gasteiger partial charge in [0.1, 0.15) is 11.6 Å². The molecule has 0 N–H and O–H groups in total. The molecule has 0 bridgehead atoms. The zero-order valence-electron chi connectivity index (χ0n) is 23.6. The Hall–Kier alpha value is -3.11. The molecule has 5 rings (SSSR count). The second kappa shape index (κ2) is 12.2. The van der Waals surface area contributed by atoms with E-state index in [0.717, 1.165) is 38.2 Å². The smallest absolute Gasteiger partial charge is 0.132 e. The number of methoxy groups -OCH3 is 1. The maximum Gasteiger partial charge on any atom is 0.132 e. The van der Waals surface area contributed by atoms with Gasteiger partial charge in [0.15, 0.2) is 0 Å². The Morgan fingerprint density at radius 1 is 0.816 bits per heavy atom. The molecule has 0 saturated carbocycles. The minimum Gasteiger partial charge on any atom is -0.497 e. The fourth-order valence-electron chi connectivity index (χ4n) is 6.54. The topological polar surface area (TPSA) is 28.1 Å². The van der Waals surface area contributed by atoms with E-state index in [-0.39, 0.29) is 12.1 Å². The molecular weight excluding hydrogens is 466 g/mol. The number of likely N-dealkylation sites (tertiary alicyclic amines) is 1. The van der Waals surface area contributed by atoms with Crippen LogP contribution in [0.4, 0.5) is 0 Å². The second-order valence-electron chi connectivity index (χ2n) is 10.6. The summed E-state index contributed by atoms with van der Waals surface area (Å²) in [5.41, 5.74) is 6.87. The van der Waals surface area contributed by atoms with E-state index in [4.69, 9.17) is 9.73 Å². The molecule has 4 nitrogen and oxygen atoms in total. The van der Waals surface area contributed by atoms with E-state index in [1.165, 1.54) is 52.9 Å². The number of ether oxygens (including phenoxy) is 1. The number of nitrogens with zero attached hydrogens (tertiary/aromatic N) is 3. The molecule has 1 saturated heterocycles. The van der Waals surface area contributed by atoms with E-state index in [9.17, 15) is 0 Å². The maximum atomic E-state index is 5.57. The highest BCUT2D eigenvalue weighted by molar-refractivity contribution is 6.03. The van der Waals surface area contributed by atoms with E-state index < -0.39 is 0 Å². The molecule has 3 aromatic rings. The largest absolute Gasteiger partial charge is 0.497 e. The van der Waals surface area contributed by atoms with E-state index in [1.807, 2.05) is 0 Å². The highest BCUT2D eigenvalue weighted by Crippen LogP contribution is 2.39. The van der Waals surface area contributed by atoms with Crippen LogP contribution in [-0.4, -0.2) is 48.4 Å². The number of rotatable bonds is 9. The first-order chi connectivity index (χ1) is 18.7. The lowest BCUT2D eigenvalue weighted by Crippen LogP contribution is -2.48. The van der Waals surface area contributed by atoms with Crippen molar-refractivity contribution >= 4 is 5.84 Å². The molecule has 2 aliphatic heterocycles. The summed E-state index contributed by atoms with van der Waals surface area (Å²) in [5, 5.41) is 0. The SMILES string of the molecule is CCc1cccc(CC)c1C1=NC(c2ccc(OC)cc2)C(CN2CCCCC2c2ccccc2)N1CC. The van der Waals surface area contributed by atoms with Crippen LogP contribution in [0, 0.1) is 0 Å². The third-order valence-corrected chi connectivity index (χ3v) is 8.54. The third-order valence-electron chi connectivity index (χ3n) is 8.54. The Balaban J connectivity index is 1.56. The molecule has 0 aromatic heterocycles. The average molecular weight is 510 g/mol.